The van der Waals surface area contributed by atoms with Gasteiger partial charge in [-0.1, -0.05) is 44.2 Å². The van der Waals surface area contributed by atoms with Crippen LogP contribution in [0.15, 0.2) is 30.3 Å². The predicted molar refractivity (Wildman–Crippen MR) is 94.3 cm³/mol. The van der Waals surface area contributed by atoms with E-state index in [2.05, 4.69) is 58.9 Å². The Morgan fingerprint density at radius 1 is 1.14 bits per heavy atom. The molecule has 0 radical (unpaired) electrons. The molecule has 1 aromatic heterocycles. The van der Waals surface area contributed by atoms with E-state index < -0.39 is 0 Å². The number of anilines is 1. The molecule has 112 valence electrons. The van der Waals surface area contributed by atoms with Crippen molar-refractivity contribution in [1.82, 2.24) is 9.97 Å². The molecule has 1 heterocycles. The highest BCUT2D eigenvalue weighted by molar-refractivity contribution is 14.1. The van der Waals surface area contributed by atoms with Crippen molar-refractivity contribution in [3.63, 3.8) is 0 Å². The summed E-state index contributed by atoms with van der Waals surface area (Å²) in [5.41, 5.74) is 2.02. The van der Waals surface area contributed by atoms with Crippen LogP contribution in [0.1, 0.15) is 25.8 Å². The Bertz CT molecular complexity index is 602. The first-order valence-corrected chi connectivity index (χ1v) is 7.99. The Morgan fingerprint density at radius 2 is 1.81 bits per heavy atom. The van der Waals surface area contributed by atoms with Gasteiger partial charge in [0.05, 0.1) is 9.26 Å². The summed E-state index contributed by atoms with van der Waals surface area (Å²) in [7, 11) is 3.58. The molecule has 0 saturated heterocycles. The van der Waals surface area contributed by atoms with E-state index in [1.54, 1.807) is 7.11 Å². The minimum absolute atomic E-state index is 0.114. The van der Waals surface area contributed by atoms with Gasteiger partial charge >= 0.3 is 0 Å². The van der Waals surface area contributed by atoms with Crippen LogP contribution in [0.4, 0.5) is 5.82 Å². The zero-order valence-corrected chi connectivity index (χ0v) is 14.9. The van der Waals surface area contributed by atoms with E-state index in [1.807, 2.05) is 25.2 Å². The maximum absolute atomic E-state index is 5.57. The number of aromatic nitrogens is 2. The summed E-state index contributed by atoms with van der Waals surface area (Å²) in [6, 6.07) is 10.2. The van der Waals surface area contributed by atoms with E-state index in [-0.39, 0.29) is 6.10 Å². The monoisotopic (exact) mass is 397 g/mol. The van der Waals surface area contributed by atoms with Gasteiger partial charge in [-0.3, -0.25) is 0 Å². The second-order valence-corrected chi connectivity index (χ2v) is 6.19. The van der Waals surface area contributed by atoms with Crippen molar-refractivity contribution in [2.75, 3.05) is 19.5 Å². The summed E-state index contributed by atoms with van der Waals surface area (Å²) >= 11 is 2.29. The molecule has 21 heavy (non-hydrogen) atoms. The first kappa shape index (κ1) is 16.2. The number of hydrogen-bond donors (Lipinski definition) is 1. The summed E-state index contributed by atoms with van der Waals surface area (Å²) in [6.07, 6.45) is -0.114. The predicted octanol–water partition coefficient (Wildman–Crippen LogP) is 4.13. The fraction of sp³-hybridized carbons (Fsp3) is 0.375. The Morgan fingerprint density at radius 3 is 2.33 bits per heavy atom. The van der Waals surface area contributed by atoms with Gasteiger partial charge in [-0.25, -0.2) is 9.97 Å². The summed E-state index contributed by atoms with van der Waals surface area (Å²) in [6.45, 7) is 4.22. The van der Waals surface area contributed by atoms with Crippen molar-refractivity contribution in [3.05, 3.63) is 39.7 Å². The van der Waals surface area contributed by atoms with Crippen LogP contribution in [0, 0.1) is 9.49 Å². The molecule has 4 nitrogen and oxygen atoms in total. The van der Waals surface area contributed by atoms with E-state index in [0.29, 0.717) is 5.92 Å². The quantitative estimate of drug-likeness (QED) is 0.771. The van der Waals surface area contributed by atoms with Gasteiger partial charge in [0, 0.05) is 19.7 Å². The van der Waals surface area contributed by atoms with E-state index in [1.165, 1.54) is 0 Å². The number of benzene rings is 1. The van der Waals surface area contributed by atoms with Gasteiger partial charge < -0.3 is 10.1 Å². The van der Waals surface area contributed by atoms with Gasteiger partial charge in [0.15, 0.2) is 5.82 Å². The average Bonchev–Trinajstić information content (AvgIpc) is 2.49. The number of methoxy groups -OCH3 is 1. The molecular formula is C16H20IN3O. The normalized spacial score (nSPS) is 12.5. The molecule has 2 aromatic rings. The van der Waals surface area contributed by atoms with E-state index >= 15 is 0 Å². The SMILES string of the molecule is CNc1nc(C(OC)C(C)C)nc(-c2ccccc2)c1I. The first-order valence-electron chi connectivity index (χ1n) is 6.91. The molecule has 0 fully saturated rings. The van der Waals surface area contributed by atoms with Gasteiger partial charge in [-0.2, -0.15) is 0 Å². The zero-order valence-electron chi connectivity index (χ0n) is 12.7. The van der Waals surface area contributed by atoms with Gasteiger partial charge in [0.2, 0.25) is 0 Å². The summed E-state index contributed by atoms with van der Waals surface area (Å²) in [5, 5.41) is 3.15. The molecule has 0 saturated carbocycles. The first-order chi connectivity index (χ1) is 10.1. The molecule has 1 atom stereocenters. The smallest absolute Gasteiger partial charge is 0.160 e. The van der Waals surface area contributed by atoms with Crippen LogP contribution in [-0.4, -0.2) is 24.1 Å². The van der Waals surface area contributed by atoms with Crippen LogP contribution in [-0.2, 0) is 4.74 Å². The summed E-state index contributed by atoms with van der Waals surface area (Å²) in [5.74, 6) is 1.86. The minimum atomic E-state index is -0.114. The topological polar surface area (TPSA) is 47.0 Å². The summed E-state index contributed by atoms with van der Waals surface area (Å²) < 4.78 is 6.59. The third kappa shape index (κ3) is 3.52. The Labute approximate surface area is 139 Å². The van der Waals surface area contributed by atoms with E-state index in [9.17, 15) is 0 Å². The number of hydrogen-bond acceptors (Lipinski definition) is 4. The largest absolute Gasteiger partial charge is 0.373 e. The molecule has 5 heteroatoms. The molecule has 0 aliphatic rings. The second-order valence-electron chi connectivity index (χ2n) is 5.11. The van der Waals surface area contributed by atoms with Crippen LogP contribution in [0.3, 0.4) is 0 Å². The number of halogens is 1. The van der Waals surface area contributed by atoms with Crippen molar-refractivity contribution in [3.8, 4) is 11.3 Å². The molecule has 0 spiro atoms. The molecule has 0 bridgehead atoms. The lowest BCUT2D eigenvalue weighted by Gasteiger charge is -2.20. The van der Waals surface area contributed by atoms with Crippen molar-refractivity contribution in [2.45, 2.75) is 20.0 Å². The summed E-state index contributed by atoms with van der Waals surface area (Å²) in [4.78, 5) is 9.37. The van der Waals surface area contributed by atoms with Crippen molar-refractivity contribution in [2.24, 2.45) is 5.92 Å². The van der Waals surface area contributed by atoms with Crippen LogP contribution in [0.25, 0.3) is 11.3 Å². The maximum Gasteiger partial charge on any atom is 0.160 e. The second kappa shape index (κ2) is 7.17. The zero-order chi connectivity index (χ0) is 15.4. The van der Waals surface area contributed by atoms with Gasteiger partial charge in [0.1, 0.15) is 11.9 Å². The lowest BCUT2D eigenvalue weighted by atomic mass is 10.1. The molecule has 0 aliphatic heterocycles. The number of nitrogens with zero attached hydrogens (tertiary/aromatic N) is 2. The highest BCUT2D eigenvalue weighted by Crippen LogP contribution is 2.31. The van der Waals surface area contributed by atoms with E-state index in [4.69, 9.17) is 9.72 Å². The number of rotatable bonds is 5. The maximum atomic E-state index is 5.57. The third-order valence-corrected chi connectivity index (χ3v) is 4.29. The molecule has 1 N–H and O–H groups in total. The third-order valence-electron chi connectivity index (χ3n) is 3.27. The molecule has 0 aliphatic carbocycles. The highest BCUT2D eigenvalue weighted by atomic mass is 127. The van der Waals surface area contributed by atoms with E-state index in [0.717, 1.165) is 26.5 Å². The fourth-order valence-corrected chi connectivity index (χ4v) is 3.04. The van der Waals surface area contributed by atoms with Gasteiger partial charge in [0.25, 0.3) is 0 Å². The Kier molecular flexibility index (Phi) is 5.52. The Hall–Kier alpha value is -1.21. The molecule has 1 unspecified atom stereocenters. The molecular weight excluding hydrogens is 377 g/mol. The molecule has 1 aromatic carbocycles. The lowest BCUT2D eigenvalue weighted by molar-refractivity contribution is 0.0576. The van der Waals surface area contributed by atoms with Crippen LogP contribution < -0.4 is 5.32 Å². The van der Waals surface area contributed by atoms with Crippen molar-refractivity contribution < 1.29 is 4.74 Å². The lowest BCUT2D eigenvalue weighted by Crippen LogP contribution is -2.15. The van der Waals surface area contributed by atoms with Gasteiger partial charge in [-0.15, -0.1) is 0 Å². The van der Waals surface area contributed by atoms with Crippen LogP contribution in [0.2, 0.25) is 0 Å². The van der Waals surface area contributed by atoms with Crippen molar-refractivity contribution in [1.29, 1.82) is 0 Å². The standard InChI is InChI=1S/C16H20IN3O/c1-10(2)14(21-4)16-19-13(11-8-6-5-7-9-11)12(17)15(18-3)20-16/h5-10,14H,1-4H3,(H,18,19,20). The molecule has 2 rings (SSSR count). The average molecular weight is 397 g/mol. The van der Waals surface area contributed by atoms with Crippen LogP contribution in [0.5, 0.6) is 0 Å². The number of ether oxygens (including phenoxy) is 1. The van der Waals surface area contributed by atoms with Crippen molar-refractivity contribution >= 4 is 28.4 Å². The van der Waals surface area contributed by atoms with Gasteiger partial charge in [-0.05, 0) is 28.5 Å². The number of nitrogens with one attached hydrogen (secondary N) is 1. The molecule has 0 amide bonds. The highest BCUT2D eigenvalue weighted by Gasteiger charge is 2.22. The Balaban J connectivity index is 2.60. The fourth-order valence-electron chi connectivity index (χ4n) is 2.22. The van der Waals surface area contributed by atoms with Crippen LogP contribution >= 0.6 is 22.6 Å². The minimum Gasteiger partial charge on any atom is -0.373 e.